The van der Waals surface area contributed by atoms with Crippen LogP contribution in [0.1, 0.15) is 42.2 Å². The van der Waals surface area contributed by atoms with Crippen molar-refractivity contribution in [2.75, 3.05) is 6.54 Å². The van der Waals surface area contributed by atoms with Gasteiger partial charge in [-0.1, -0.05) is 12.1 Å². The summed E-state index contributed by atoms with van der Waals surface area (Å²) in [5.74, 6) is -4.32. The number of hydrogen-bond acceptors (Lipinski definition) is 4. The fourth-order valence-electron chi connectivity index (χ4n) is 2.52. The lowest BCUT2D eigenvalue weighted by molar-refractivity contribution is -0.154. The predicted octanol–water partition coefficient (Wildman–Crippen LogP) is 3.03. The molecule has 0 aliphatic rings. The highest BCUT2D eigenvalue weighted by atomic mass is 19.1. The van der Waals surface area contributed by atoms with Crippen LogP contribution in [0.5, 0.6) is 0 Å². The van der Waals surface area contributed by atoms with E-state index in [1.807, 2.05) is 0 Å². The van der Waals surface area contributed by atoms with E-state index in [1.54, 1.807) is 6.92 Å². The van der Waals surface area contributed by atoms with Gasteiger partial charge in [0.05, 0.1) is 18.0 Å². The number of rotatable bonds is 8. The van der Waals surface area contributed by atoms with Crippen LogP contribution in [0.4, 0.5) is 13.2 Å². The van der Waals surface area contributed by atoms with Crippen molar-refractivity contribution in [2.45, 2.75) is 32.4 Å². The Kier molecular flexibility index (Phi) is 7.97. The SMILES string of the molecule is CC(OC(=O)CCNC(=O)c1ccc(F)cc1F)C(=O)NC(C)c1ccc(F)cc1. The molecule has 2 unspecified atom stereocenters. The summed E-state index contributed by atoms with van der Waals surface area (Å²) in [7, 11) is 0. The van der Waals surface area contributed by atoms with Gasteiger partial charge in [0.15, 0.2) is 6.10 Å². The van der Waals surface area contributed by atoms with Crippen LogP contribution in [0, 0.1) is 17.5 Å². The van der Waals surface area contributed by atoms with Crippen LogP contribution in [0.2, 0.25) is 0 Å². The molecule has 0 spiro atoms. The molecule has 0 fully saturated rings. The van der Waals surface area contributed by atoms with Crippen molar-refractivity contribution in [3.63, 3.8) is 0 Å². The maximum absolute atomic E-state index is 13.5. The molecule has 0 heterocycles. The molecule has 0 radical (unpaired) electrons. The van der Waals surface area contributed by atoms with Gasteiger partial charge in [-0.25, -0.2) is 13.2 Å². The largest absolute Gasteiger partial charge is 0.452 e. The number of amides is 2. The Morgan fingerprint density at radius 3 is 2.23 bits per heavy atom. The first-order valence-corrected chi connectivity index (χ1v) is 9.16. The molecule has 0 aliphatic heterocycles. The highest BCUT2D eigenvalue weighted by Gasteiger charge is 2.20. The Bertz CT molecular complexity index is 919. The Morgan fingerprint density at radius 1 is 0.967 bits per heavy atom. The van der Waals surface area contributed by atoms with Crippen LogP contribution >= 0.6 is 0 Å². The van der Waals surface area contributed by atoms with E-state index >= 15 is 0 Å². The average molecular weight is 422 g/mol. The zero-order valence-electron chi connectivity index (χ0n) is 16.4. The molecule has 2 N–H and O–H groups in total. The lowest BCUT2D eigenvalue weighted by Gasteiger charge is -2.18. The van der Waals surface area contributed by atoms with E-state index < -0.39 is 47.4 Å². The van der Waals surface area contributed by atoms with Gasteiger partial charge >= 0.3 is 5.97 Å². The molecule has 2 aromatic rings. The summed E-state index contributed by atoms with van der Waals surface area (Å²) in [6.07, 6.45) is -1.34. The first-order chi connectivity index (χ1) is 14.2. The first-order valence-electron chi connectivity index (χ1n) is 9.16. The van der Waals surface area contributed by atoms with E-state index in [2.05, 4.69) is 10.6 Å². The minimum atomic E-state index is -1.09. The number of benzene rings is 2. The molecule has 0 aromatic heterocycles. The van der Waals surface area contributed by atoms with Gasteiger partial charge in [-0.2, -0.15) is 0 Å². The third kappa shape index (κ3) is 6.61. The van der Waals surface area contributed by atoms with Gasteiger partial charge in [-0.3, -0.25) is 14.4 Å². The summed E-state index contributed by atoms with van der Waals surface area (Å²) in [4.78, 5) is 35.9. The second-order valence-electron chi connectivity index (χ2n) is 6.54. The fourth-order valence-corrected chi connectivity index (χ4v) is 2.52. The number of esters is 1. The van der Waals surface area contributed by atoms with Gasteiger partial charge in [-0.05, 0) is 43.7 Å². The number of halogens is 3. The Labute approximate surface area is 171 Å². The third-order valence-corrected chi connectivity index (χ3v) is 4.20. The van der Waals surface area contributed by atoms with Crippen molar-refractivity contribution in [3.05, 3.63) is 71.0 Å². The van der Waals surface area contributed by atoms with Crippen LogP contribution < -0.4 is 10.6 Å². The van der Waals surface area contributed by atoms with Gasteiger partial charge in [0.2, 0.25) is 0 Å². The van der Waals surface area contributed by atoms with Crippen LogP contribution in [0.15, 0.2) is 42.5 Å². The molecular formula is C21H21F3N2O4. The number of nitrogens with one attached hydrogen (secondary N) is 2. The van der Waals surface area contributed by atoms with Gasteiger partial charge in [0.1, 0.15) is 17.5 Å². The van der Waals surface area contributed by atoms with Crippen molar-refractivity contribution in [1.82, 2.24) is 10.6 Å². The van der Waals surface area contributed by atoms with Crippen molar-refractivity contribution in [1.29, 1.82) is 0 Å². The van der Waals surface area contributed by atoms with Crippen molar-refractivity contribution in [3.8, 4) is 0 Å². The zero-order valence-corrected chi connectivity index (χ0v) is 16.4. The van der Waals surface area contributed by atoms with Crippen molar-refractivity contribution < 1.29 is 32.3 Å². The molecule has 0 bridgehead atoms. The summed E-state index contributed by atoms with van der Waals surface area (Å²) >= 11 is 0. The second-order valence-corrected chi connectivity index (χ2v) is 6.54. The Morgan fingerprint density at radius 2 is 1.60 bits per heavy atom. The molecular weight excluding hydrogens is 401 g/mol. The van der Waals surface area contributed by atoms with Crippen LogP contribution in [-0.2, 0) is 14.3 Å². The van der Waals surface area contributed by atoms with E-state index in [4.69, 9.17) is 4.74 Å². The van der Waals surface area contributed by atoms with Gasteiger partial charge in [0, 0.05) is 12.6 Å². The number of hydrogen-bond donors (Lipinski definition) is 2. The number of ether oxygens (including phenoxy) is 1. The van der Waals surface area contributed by atoms with E-state index in [0.717, 1.165) is 12.1 Å². The Hall–Kier alpha value is -3.36. The molecule has 0 saturated carbocycles. The molecule has 9 heteroatoms. The number of carbonyl (C=O) groups is 3. The highest BCUT2D eigenvalue weighted by molar-refractivity contribution is 5.94. The highest BCUT2D eigenvalue weighted by Crippen LogP contribution is 2.13. The average Bonchev–Trinajstić information content (AvgIpc) is 2.68. The smallest absolute Gasteiger partial charge is 0.308 e. The van der Waals surface area contributed by atoms with E-state index in [0.29, 0.717) is 11.6 Å². The summed E-state index contributed by atoms with van der Waals surface area (Å²) in [5, 5.41) is 4.96. The van der Waals surface area contributed by atoms with Gasteiger partial charge in [0.25, 0.3) is 11.8 Å². The predicted molar refractivity (Wildman–Crippen MR) is 102 cm³/mol. The first kappa shape index (κ1) is 22.9. The monoisotopic (exact) mass is 422 g/mol. The minimum Gasteiger partial charge on any atom is -0.452 e. The zero-order chi connectivity index (χ0) is 22.3. The summed E-state index contributed by atoms with van der Waals surface area (Å²) in [5.41, 5.74) is 0.325. The van der Waals surface area contributed by atoms with E-state index in [1.165, 1.54) is 31.2 Å². The van der Waals surface area contributed by atoms with Crippen molar-refractivity contribution >= 4 is 17.8 Å². The van der Waals surface area contributed by atoms with Gasteiger partial charge in [-0.15, -0.1) is 0 Å². The van der Waals surface area contributed by atoms with Gasteiger partial charge < -0.3 is 15.4 Å². The van der Waals surface area contributed by atoms with Crippen LogP contribution in [0.25, 0.3) is 0 Å². The summed E-state index contributed by atoms with van der Waals surface area (Å²) in [6.45, 7) is 2.93. The van der Waals surface area contributed by atoms with Crippen LogP contribution in [0.3, 0.4) is 0 Å². The molecule has 160 valence electrons. The topological polar surface area (TPSA) is 84.5 Å². The third-order valence-electron chi connectivity index (χ3n) is 4.20. The molecule has 2 atom stereocenters. The maximum atomic E-state index is 13.5. The molecule has 0 aliphatic carbocycles. The summed E-state index contributed by atoms with van der Waals surface area (Å²) < 4.78 is 44.4. The normalized spacial score (nSPS) is 12.6. The molecule has 6 nitrogen and oxygen atoms in total. The van der Waals surface area contributed by atoms with E-state index in [9.17, 15) is 27.6 Å². The standard InChI is InChI=1S/C21H21F3N2O4/c1-12(14-3-5-15(22)6-4-14)26-20(28)13(2)30-19(27)9-10-25-21(29)17-8-7-16(23)11-18(17)24/h3-8,11-13H,9-10H2,1-2H3,(H,25,29)(H,26,28). The lowest BCUT2D eigenvalue weighted by Crippen LogP contribution is -2.37. The maximum Gasteiger partial charge on any atom is 0.308 e. The quantitative estimate of drug-likeness (QED) is 0.641. The molecule has 2 rings (SSSR count). The second kappa shape index (κ2) is 10.4. The fraction of sp³-hybridized carbons (Fsp3) is 0.286. The van der Waals surface area contributed by atoms with Crippen LogP contribution in [-0.4, -0.2) is 30.4 Å². The molecule has 2 amide bonds. The molecule has 0 saturated heterocycles. The molecule has 30 heavy (non-hydrogen) atoms. The van der Waals surface area contributed by atoms with Crippen molar-refractivity contribution in [2.24, 2.45) is 0 Å². The van der Waals surface area contributed by atoms with E-state index in [-0.39, 0.29) is 18.5 Å². The minimum absolute atomic E-state index is 0.158. The number of carbonyl (C=O) groups excluding carboxylic acids is 3. The molecule has 2 aromatic carbocycles. The Balaban J connectivity index is 1.76. The lowest BCUT2D eigenvalue weighted by atomic mass is 10.1. The summed E-state index contributed by atoms with van der Waals surface area (Å²) in [6, 6.07) is 7.70.